The van der Waals surface area contributed by atoms with Crippen LogP contribution in [-0.4, -0.2) is 65.6 Å². The van der Waals surface area contributed by atoms with Crippen LogP contribution >= 0.6 is 11.6 Å². The van der Waals surface area contributed by atoms with E-state index in [9.17, 15) is 18.0 Å². The molecule has 0 saturated carbocycles. The Morgan fingerprint density at radius 3 is 2.00 bits per heavy atom. The van der Waals surface area contributed by atoms with Crippen molar-refractivity contribution in [1.82, 2.24) is 10.2 Å². The average molecular weight is 694 g/mol. The predicted molar refractivity (Wildman–Crippen MR) is 186 cm³/mol. The molecule has 0 radical (unpaired) electrons. The second kappa shape index (κ2) is 16.9. The number of carbonyl (C=O) groups is 2. The number of rotatable bonds is 16. The molecular formula is C36H40ClN3O7S. The van der Waals surface area contributed by atoms with Gasteiger partial charge < -0.3 is 24.4 Å². The highest BCUT2D eigenvalue weighted by atomic mass is 35.5. The number of halogens is 1. The van der Waals surface area contributed by atoms with E-state index in [1.165, 1.54) is 56.6 Å². The maximum absolute atomic E-state index is 14.6. The van der Waals surface area contributed by atoms with Gasteiger partial charge in [0.2, 0.25) is 11.8 Å². The van der Waals surface area contributed by atoms with Crippen LogP contribution in [0.25, 0.3) is 0 Å². The fraction of sp³-hybridized carbons (Fsp3) is 0.278. The van der Waals surface area contributed by atoms with Crippen molar-refractivity contribution in [3.63, 3.8) is 0 Å². The number of ether oxygens (including phenoxy) is 3. The minimum absolute atomic E-state index is 0.0443. The van der Waals surface area contributed by atoms with Crippen molar-refractivity contribution < 1.29 is 32.2 Å². The zero-order chi connectivity index (χ0) is 34.7. The van der Waals surface area contributed by atoms with Gasteiger partial charge in [-0.2, -0.15) is 0 Å². The zero-order valence-corrected chi connectivity index (χ0v) is 29.0. The number of methoxy groups -OCH3 is 3. The number of sulfonamides is 1. The monoisotopic (exact) mass is 693 g/mol. The van der Waals surface area contributed by atoms with Gasteiger partial charge in [-0.15, -0.1) is 0 Å². The second-order valence-corrected chi connectivity index (χ2v) is 13.1. The van der Waals surface area contributed by atoms with E-state index in [-0.39, 0.29) is 46.0 Å². The first-order valence-electron chi connectivity index (χ1n) is 15.4. The predicted octanol–water partition coefficient (Wildman–Crippen LogP) is 5.73. The highest BCUT2D eigenvalue weighted by molar-refractivity contribution is 7.92. The van der Waals surface area contributed by atoms with E-state index in [4.69, 9.17) is 25.8 Å². The Kier molecular flexibility index (Phi) is 12.7. The first-order valence-corrected chi connectivity index (χ1v) is 17.2. The van der Waals surface area contributed by atoms with Crippen molar-refractivity contribution in [2.75, 3.05) is 38.7 Å². The van der Waals surface area contributed by atoms with Crippen molar-refractivity contribution in [2.45, 2.75) is 37.2 Å². The van der Waals surface area contributed by atoms with E-state index >= 15 is 0 Å². The number of hydrogen-bond donors (Lipinski definition) is 1. The van der Waals surface area contributed by atoms with Gasteiger partial charge in [-0.3, -0.25) is 13.9 Å². The summed E-state index contributed by atoms with van der Waals surface area (Å²) >= 11 is 6.38. The normalized spacial score (nSPS) is 11.7. The van der Waals surface area contributed by atoms with Crippen LogP contribution in [0.3, 0.4) is 0 Å². The third-order valence-corrected chi connectivity index (χ3v) is 9.64. The van der Waals surface area contributed by atoms with E-state index in [2.05, 4.69) is 5.32 Å². The van der Waals surface area contributed by atoms with Crippen LogP contribution in [0.4, 0.5) is 5.69 Å². The Balaban J connectivity index is 1.86. The van der Waals surface area contributed by atoms with E-state index in [1.807, 2.05) is 67.6 Å². The van der Waals surface area contributed by atoms with Gasteiger partial charge in [0.1, 0.15) is 18.3 Å². The minimum atomic E-state index is -4.47. The number of benzene rings is 4. The number of nitrogens with one attached hydrogen (secondary N) is 1. The molecule has 0 aliphatic carbocycles. The van der Waals surface area contributed by atoms with Gasteiger partial charge in [0.15, 0.2) is 11.5 Å². The molecule has 10 nitrogen and oxygen atoms in total. The van der Waals surface area contributed by atoms with E-state index < -0.39 is 28.5 Å². The molecule has 0 saturated heterocycles. The molecule has 1 N–H and O–H groups in total. The van der Waals surface area contributed by atoms with Crippen LogP contribution < -0.4 is 23.8 Å². The topological polar surface area (TPSA) is 114 Å². The highest BCUT2D eigenvalue weighted by Crippen LogP contribution is 2.37. The zero-order valence-electron chi connectivity index (χ0n) is 27.4. The summed E-state index contributed by atoms with van der Waals surface area (Å²) in [4.78, 5) is 29.7. The summed E-state index contributed by atoms with van der Waals surface area (Å²) in [5.41, 5.74) is 1.65. The molecule has 12 heteroatoms. The molecule has 4 aromatic rings. The fourth-order valence-corrected chi connectivity index (χ4v) is 6.77. The number of amides is 2. The molecule has 48 heavy (non-hydrogen) atoms. The molecule has 0 aliphatic heterocycles. The Morgan fingerprint density at radius 2 is 1.40 bits per heavy atom. The second-order valence-electron chi connectivity index (χ2n) is 10.8. The molecule has 0 spiro atoms. The lowest BCUT2D eigenvalue weighted by Gasteiger charge is -2.34. The molecule has 0 aliphatic rings. The molecule has 0 fully saturated rings. The molecule has 0 heterocycles. The first-order chi connectivity index (χ1) is 23.1. The summed E-state index contributed by atoms with van der Waals surface area (Å²) in [7, 11) is -0.238. The molecule has 0 aromatic heterocycles. The van der Waals surface area contributed by atoms with Crippen LogP contribution in [-0.2, 0) is 32.6 Å². The maximum Gasteiger partial charge on any atom is 0.265 e. The Morgan fingerprint density at radius 1 is 0.792 bits per heavy atom. The van der Waals surface area contributed by atoms with Crippen LogP contribution in [0.15, 0.2) is 102 Å². The number of carbonyl (C=O) groups excluding carboxylic acids is 2. The van der Waals surface area contributed by atoms with Gasteiger partial charge in [-0.05, 0) is 47.9 Å². The SMILES string of the molecule is CCCNC(=O)C(Cc1ccccc1)N(Cc1ccccc1)C(=O)CN(c1cc(Cl)ccc1OC)S(=O)(=O)c1ccc(OC)c(OC)c1. The van der Waals surface area contributed by atoms with E-state index in [0.29, 0.717) is 18.7 Å². The van der Waals surface area contributed by atoms with Crippen molar-refractivity contribution in [2.24, 2.45) is 0 Å². The first kappa shape index (κ1) is 36.1. The molecule has 2 amide bonds. The smallest absolute Gasteiger partial charge is 0.265 e. The summed E-state index contributed by atoms with van der Waals surface area (Å²) in [6, 6.07) is 26.3. The summed E-state index contributed by atoms with van der Waals surface area (Å²) in [5, 5.41) is 3.17. The molecule has 254 valence electrons. The van der Waals surface area contributed by atoms with Gasteiger partial charge in [0.25, 0.3) is 10.0 Å². The van der Waals surface area contributed by atoms with Crippen molar-refractivity contribution in [1.29, 1.82) is 0 Å². The third kappa shape index (κ3) is 8.78. The van der Waals surface area contributed by atoms with Gasteiger partial charge in [-0.1, -0.05) is 79.2 Å². The fourth-order valence-electron chi connectivity index (χ4n) is 5.18. The molecule has 1 unspecified atom stereocenters. The quantitative estimate of drug-likeness (QED) is 0.160. The Hall–Kier alpha value is -4.74. The highest BCUT2D eigenvalue weighted by Gasteiger charge is 2.36. The van der Waals surface area contributed by atoms with Gasteiger partial charge >= 0.3 is 0 Å². The summed E-state index contributed by atoms with van der Waals surface area (Å²) < 4.78 is 46.2. The summed E-state index contributed by atoms with van der Waals surface area (Å²) in [6.45, 7) is 1.73. The van der Waals surface area contributed by atoms with Crippen LogP contribution in [0, 0.1) is 0 Å². The number of nitrogens with zero attached hydrogens (tertiary/aromatic N) is 2. The lowest BCUT2D eigenvalue weighted by atomic mass is 10.0. The van der Waals surface area contributed by atoms with Crippen molar-refractivity contribution in [3.05, 3.63) is 113 Å². The van der Waals surface area contributed by atoms with Gasteiger partial charge in [0.05, 0.1) is 31.9 Å². The van der Waals surface area contributed by atoms with Crippen LogP contribution in [0.2, 0.25) is 5.02 Å². The van der Waals surface area contributed by atoms with Crippen molar-refractivity contribution >= 4 is 39.1 Å². The molecule has 1 atom stereocenters. The lowest BCUT2D eigenvalue weighted by Crippen LogP contribution is -2.53. The average Bonchev–Trinajstić information content (AvgIpc) is 3.11. The number of hydrogen-bond acceptors (Lipinski definition) is 7. The van der Waals surface area contributed by atoms with Gasteiger partial charge in [0, 0.05) is 30.6 Å². The number of anilines is 1. The van der Waals surface area contributed by atoms with Crippen LogP contribution in [0.5, 0.6) is 17.2 Å². The lowest BCUT2D eigenvalue weighted by molar-refractivity contribution is -0.140. The maximum atomic E-state index is 14.6. The molecule has 0 bridgehead atoms. The third-order valence-electron chi connectivity index (χ3n) is 7.65. The molecular weight excluding hydrogens is 654 g/mol. The Bertz CT molecular complexity index is 1790. The van der Waals surface area contributed by atoms with E-state index in [0.717, 1.165) is 15.4 Å². The largest absolute Gasteiger partial charge is 0.495 e. The van der Waals surface area contributed by atoms with Gasteiger partial charge in [-0.25, -0.2) is 8.42 Å². The minimum Gasteiger partial charge on any atom is -0.495 e. The summed E-state index contributed by atoms with van der Waals surface area (Å²) in [6.07, 6.45) is 0.903. The summed E-state index contributed by atoms with van der Waals surface area (Å²) in [5.74, 6) is -0.274. The molecule has 4 aromatic carbocycles. The Labute approximate surface area is 287 Å². The van der Waals surface area contributed by atoms with Crippen molar-refractivity contribution in [3.8, 4) is 17.2 Å². The van der Waals surface area contributed by atoms with Crippen LogP contribution in [0.1, 0.15) is 24.5 Å². The van der Waals surface area contributed by atoms with E-state index in [1.54, 1.807) is 6.07 Å². The standard InChI is InChI=1S/C36H40ClN3O7S/c1-5-20-38-36(42)31(21-26-12-8-6-9-13-26)39(24-27-14-10-7-11-15-27)35(41)25-40(30-22-28(37)16-18-32(30)45-2)48(43,44)29-17-19-33(46-3)34(23-29)47-4/h6-19,22-23,31H,5,20-21,24-25H2,1-4H3,(H,38,42). The molecule has 4 rings (SSSR count).